The van der Waals surface area contributed by atoms with Gasteiger partial charge >= 0.3 is 0 Å². The van der Waals surface area contributed by atoms with Crippen LogP contribution in [-0.2, 0) is 37.9 Å². The molecule has 0 unspecified atom stereocenters. The van der Waals surface area contributed by atoms with Gasteiger partial charge in [-0.15, -0.1) is 0 Å². The van der Waals surface area contributed by atoms with E-state index in [2.05, 4.69) is 26.8 Å². The molecule has 17 heteroatoms. The number of fused-ring (bicyclic) bond motifs is 7. The SMILES string of the molecule is C[C@@H]1O[C@@H](O[C@H]2[C@H](O[C@H]3CC[C@@]4(C)C(=CC[C@H]5[C@@H]6C[C@@H]7O[C@]8(CC[C@H](CO)CO8)[C@@H](C)[C@@H]7[C@@]6(C)CC[C@@H]54)C3)O[C@H](CO)[C@@H](O)[C@@H]2O[C@@H]2OC[C@H](O)[C@H](O)[C@H]2O)[C@H](O)[C@H](O)[C@H]1O. The van der Waals surface area contributed by atoms with Crippen molar-refractivity contribution in [2.24, 2.45) is 46.3 Å². The molecule has 0 radical (unpaired) electrons. The number of aliphatic hydroxyl groups excluding tert-OH is 9. The third kappa shape index (κ3) is 7.51. The summed E-state index contributed by atoms with van der Waals surface area (Å²) in [7, 11) is 0. The van der Waals surface area contributed by atoms with Crippen molar-refractivity contribution in [1.82, 2.24) is 0 Å². The molecular weight excluding hydrogens is 800 g/mol. The lowest BCUT2D eigenvalue weighted by Crippen LogP contribution is -2.66. The van der Waals surface area contributed by atoms with E-state index in [1.807, 2.05) is 0 Å². The molecule has 0 aromatic carbocycles. The first-order valence-corrected chi connectivity index (χ1v) is 22.9. The molecule has 5 heterocycles. The average Bonchev–Trinajstić information content (AvgIpc) is 3.69. The van der Waals surface area contributed by atoms with Gasteiger partial charge in [-0.05, 0) is 92.8 Å². The van der Waals surface area contributed by atoms with Gasteiger partial charge in [0.15, 0.2) is 24.7 Å². The Hall–Kier alpha value is -0.940. The highest BCUT2D eigenvalue weighted by atomic mass is 16.8. The number of aliphatic hydroxyl groups is 9. The second-order valence-electron chi connectivity index (χ2n) is 20.6. The van der Waals surface area contributed by atoms with Crippen molar-refractivity contribution < 1.29 is 83.9 Å². The molecule has 9 aliphatic rings. The Bertz CT molecular complexity index is 1580. The highest BCUT2D eigenvalue weighted by Gasteiger charge is 2.69. The third-order valence-corrected chi connectivity index (χ3v) is 17.4. The van der Waals surface area contributed by atoms with Gasteiger partial charge in [0.25, 0.3) is 0 Å². The Balaban J connectivity index is 0.926. The monoisotopic (exact) mass is 870 g/mol. The molecule has 61 heavy (non-hydrogen) atoms. The van der Waals surface area contributed by atoms with E-state index in [0.29, 0.717) is 43.1 Å². The van der Waals surface area contributed by atoms with E-state index in [1.165, 1.54) is 12.5 Å². The summed E-state index contributed by atoms with van der Waals surface area (Å²) in [5.41, 5.74) is 1.42. The second-order valence-corrected chi connectivity index (χ2v) is 20.6. The van der Waals surface area contributed by atoms with Crippen LogP contribution in [0.1, 0.15) is 85.5 Å². The molecule has 17 nitrogen and oxygen atoms in total. The quantitative estimate of drug-likeness (QED) is 0.144. The van der Waals surface area contributed by atoms with Crippen LogP contribution >= 0.6 is 0 Å². The summed E-state index contributed by atoms with van der Waals surface area (Å²) in [6, 6.07) is 0. The normalized spacial score (nSPS) is 57.2. The van der Waals surface area contributed by atoms with Crippen LogP contribution in [0.2, 0.25) is 0 Å². The standard InChI is InChI=1S/C44H70O17/c1-19-30-28(61-44(19)12-7-21(15-45)17-55-44)14-26-24-6-5-22-13-23(8-10-42(22,3)25(24)9-11-43(26,30)4)57-41-38(60-40-36(53)34(51)31(48)20(2)56-40)37(33(50)29(16-46)58-41)59-39-35(52)32(49)27(47)18-54-39/h5,19-21,23-41,45-53H,6-18H2,1-4H3/t19-,20-,21+,23-,24+,25-,26-,27-,28-,29+,30-,31-,32-,33+,34+,35+,36+,37-,38+,39-,40-,41+,42-,43-,44+/m0/s1. The summed E-state index contributed by atoms with van der Waals surface area (Å²) < 4.78 is 50.0. The maximum atomic E-state index is 11.5. The molecule has 5 aliphatic heterocycles. The van der Waals surface area contributed by atoms with Crippen LogP contribution in [0, 0.1) is 46.3 Å². The number of allylic oxidation sites excluding steroid dienone is 1. The van der Waals surface area contributed by atoms with Crippen molar-refractivity contribution in [1.29, 1.82) is 0 Å². The van der Waals surface area contributed by atoms with Crippen LogP contribution in [0.5, 0.6) is 0 Å². The van der Waals surface area contributed by atoms with Crippen molar-refractivity contribution in [3.05, 3.63) is 11.6 Å². The van der Waals surface area contributed by atoms with Gasteiger partial charge in [0.1, 0.15) is 61.0 Å². The number of hydrogen-bond acceptors (Lipinski definition) is 17. The Labute approximate surface area is 357 Å². The van der Waals surface area contributed by atoms with Crippen molar-refractivity contribution in [2.45, 2.75) is 189 Å². The van der Waals surface area contributed by atoms with Crippen molar-refractivity contribution in [3.63, 3.8) is 0 Å². The van der Waals surface area contributed by atoms with Gasteiger partial charge in [-0.25, -0.2) is 0 Å². The number of rotatable bonds is 8. The second kappa shape index (κ2) is 17.0. The largest absolute Gasteiger partial charge is 0.396 e. The molecular formula is C44H70O17. The topological polar surface area (TPSA) is 256 Å². The van der Waals surface area contributed by atoms with Crippen LogP contribution in [0.3, 0.4) is 0 Å². The Morgan fingerprint density at radius 2 is 1.48 bits per heavy atom. The highest BCUT2D eigenvalue weighted by Crippen LogP contribution is 2.70. The summed E-state index contributed by atoms with van der Waals surface area (Å²) in [5.74, 6) is 1.87. The van der Waals surface area contributed by atoms with Crippen LogP contribution in [0.4, 0.5) is 0 Å². The molecule has 25 atom stereocenters. The average molecular weight is 871 g/mol. The molecule has 0 aromatic rings. The van der Waals surface area contributed by atoms with Gasteiger partial charge in [-0.1, -0.05) is 32.4 Å². The van der Waals surface area contributed by atoms with Gasteiger partial charge in [0.05, 0.1) is 38.1 Å². The summed E-state index contributed by atoms with van der Waals surface area (Å²) in [5, 5.41) is 94.8. The minimum absolute atomic E-state index is 0.0485. The van der Waals surface area contributed by atoms with E-state index in [0.717, 1.165) is 44.9 Å². The maximum absolute atomic E-state index is 11.5. The fourth-order valence-electron chi connectivity index (χ4n) is 13.8. The van der Waals surface area contributed by atoms with Gasteiger partial charge in [-0.3, -0.25) is 0 Å². The molecule has 9 N–H and O–H groups in total. The van der Waals surface area contributed by atoms with Gasteiger partial charge in [-0.2, -0.15) is 0 Å². The summed E-state index contributed by atoms with van der Waals surface area (Å²) in [6.45, 7) is 8.41. The highest BCUT2D eigenvalue weighted by molar-refractivity contribution is 5.26. The third-order valence-electron chi connectivity index (χ3n) is 17.4. The van der Waals surface area contributed by atoms with Gasteiger partial charge < -0.3 is 83.9 Å². The Morgan fingerprint density at radius 1 is 0.721 bits per heavy atom. The van der Waals surface area contributed by atoms with E-state index in [4.69, 9.17) is 37.9 Å². The van der Waals surface area contributed by atoms with E-state index in [1.54, 1.807) is 0 Å². The van der Waals surface area contributed by atoms with E-state index < -0.39 is 98.4 Å². The van der Waals surface area contributed by atoms with E-state index in [-0.39, 0.29) is 48.1 Å². The van der Waals surface area contributed by atoms with Crippen molar-refractivity contribution in [2.75, 3.05) is 26.4 Å². The lowest BCUT2D eigenvalue weighted by molar-refractivity contribution is -0.390. The molecule has 1 spiro atoms. The van der Waals surface area contributed by atoms with Crippen LogP contribution in [0.25, 0.3) is 0 Å². The lowest BCUT2D eigenvalue weighted by atomic mass is 9.47. The molecule has 8 fully saturated rings. The smallest absolute Gasteiger partial charge is 0.187 e. The molecule has 0 bridgehead atoms. The Morgan fingerprint density at radius 3 is 2.20 bits per heavy atom. The first kappa shape index (κ1) is 45.2. The van der Waals surface area contributed by atoms with Crippen LogP contribution in [-0.4, -0.2) is 176 Å². The van der Waals surface area contributed by atoms with Crippen molar-refractivity contribution >= 4 is 0 Å². The van der Waals surface area contributed by atoms with Gasteiger partial charge in [0.2, 0.25) is 0 Å². The maximum Gasteiger partial charge on any atom is 0.187 e. The predicted octanol–water partition coefficient (Wildman–Crippen LogP) is -0.174. The van der Waals surface area contributed by atoms with E-state index in [9.17, 15) is 46.0 Å². The molecule has 9 rings (SSSR count). The van der Waals surface area contributed by atoms with E-state index >= 15 is 0 Å². The lowest BCUT2D eigenvalue weighted by Gasteiger charge is -2.59. The molecule has 0 aromatic heterocycles. The Kier molecular flexibility index (Phi) is 12.6. The molecule has 3 saturated carbocycles. The summed E-state index contributed by atoms with van der Waals surface area (Å²) in [4.78, 5) is 0. The summed E-state index contributed by atoms with van der Waals surface area (Å²) >= 11 is 0. The zero-order chi connectivity index (χ0) is 43.3. The zero-order valence-electron chi connectivity index (χ0n) is 35.8. The van der Waals surface area contributed by atoms with Crippen molar-refractivity contribution in [3.8, 4) is 0 Å². The number of hydrogen-bond donors (Lipinski definition) is 9. The number of ether oxygens (including phenoxy) is 8. The predicted molar refractivity (Wildman–Crippen MR) is 210 cm³/mol. The zero-order valence-corrected chi connectivity index (χ0v) is 35.8. The van der Waals surface area contributed by atoms with Crippen LogP contribution < -0.4 is 0 Å². The molecule has 348 valence electrons. The first-order valence-electron chi connectivity index (χ1n) is 22.9. The van der Waals surface area contributed by atoms with Gasteiger partial charge in [0, 0.05) is 24.9 Å². The molecule has 0 amide bonds. The summed E-state index contributed by atoms with van der Waals surface area (Å²) in [6.07, 6.45) is -10.3. The minimum Gasteiger partial charge on any atom is -0.396 e. The van der Waals surface area contributed by atoms with Crippen LogP contribution in [0.15, 0.2) is 11.6 Å². The fourth-order valence-corrected chi connectivity index (χ4v) is 13.8. The molecule has 5 saturated heterocycles. The fraction of sp³-hybridized carbons (Fsp3) is 0.955. The first-order chi connectivity index (χ1) is 29.0. The minimum atomic E-state index is -1.72. The molecule has 4 aliphatic carbocycles.